The highest BCUT2D eigenvalue weighted by atomic mass is 16.2. The van der Waals surface area contributed by atoms with Gasteiger partial charge < -0.3 is 4.90 Å². The zero-order chi connectivity index (χ0) is 13.2. The van der Waals surface area contributed by atoms with E-state index in [-0.39, 0.29) is 11.7 Å². The Kier molecular flexibility index (Phi) is 3.15. The highest BCUT2D eigenvalue weighted by Gasteiger charge is 2.25. The number of hydrogen-bond acceptors (Lipinski definition) is 4. The van der Waals surface area contributed by atoms with Crippen molar-refractivity contribution < 1.29 is 4.79 Å². The number of carbonyl (C=O) groups excluding carboxylic acids is 1. The molecule has 0 aliphatic heterocycles. The molecule has 0 unspecified atom stereocenters. The second kappa shape index (κ2) is 4.95. The predicted molar refractivity (Wildman–Crippen MR) is 69.7 cm³/mol. The first-order valence-electron chi connectivity index (χ1n) is 6.70. The van der Waals surface area contributed by atoms with Crippen molar-refractivity contribution in [2.45, 2.75) is 38.1 Å². The van der Waals surface area contributed by atoms with Gasteiger partial charge in [-0.3, -0.25) is 4.79 Å². The van der Waals surface area contributed by atoms with Crippen molar-refractivity contribution in [3.63, 3.8) is 0 Å². The van der Waals surface area contributed by atoms with Crippen LogP contribution >= 0.6 is 0 Å². The molecule has 3 rings (SSSR count). The molecule has 100 valence electrons. The standard InChI is InChI=1S/C13H17N5O/c1-17(10-6-3-2-4-7-10)12(19)11-15-13-14-8-5-9-18(13)16-11/h5,8-10H,2-4,6-7H2,1H3. The topological polar surface area (TPSA) is 63.4 Å². The molecule has 1 saturated carbocycles. The van der Waals surface area contributed by atoms with Crippen LogP contribution in [0.5, 0.6) is 0 Å². The average molecular weight is 259 g/mol. The van der Waals surface area contributed by atoms with Gasteiger partial charge in [-0.25, -0.2) is 9.50 Å². The van der Waals surface area contributed by atoms with Crippen LogP contribution in [0.25, 0.3) is 5.78 Å². The van der Waals surface area contributed by atoms with Crippen LogP contribution in [0.2, 0.25) is 0 Å². The molecule has 2 aromatic heterocycles. The Morgan fingerprint density at radius 1 is 1.37 bits per heavy atom. The normalized spacial score (nSPS) is 16.7. The van der Waals surface area contributed by atoms with Crippen LogP contribution in [-0.4, -0.2) is 43.5 Å². The molecule has 6 nitrogen and oxygen atoms in total. The van der Waals surface area contributed by atoms with Gasteiger partial charge in [0.2, 0.25) is 5.82 Å². The van der Waals surface area contributed by atoms with Gasteiger partial charge >= 0.3 is 0 Å². The summed E-state index contributed by atoms with van der Waals surface area (Å²) < 4.78 is 1.53. The first-order valence-corrected chi connectivity index (χ1v) is 6.70. The van der Waals surface area contributed by atoms with E-state index in [0.29, 0.717) is 11.8 Å². The molecule has 2 aromatic rings. The molecule has 0 atom stereocenters. The van der Waals surface area contributed by atoms with Gasteiger partial charge in [-0.05, 0) is 18.9 Å². The fraction of sp³-hybridized carbons (Fsp3) is 0.538. The Labute approximate surface area is 111 Å². The molecule has 0 radical (unpaired) electrons. The molecule has 1 fully saturated rings. The Morgan fingerprint density at radius 2 is 2.16 bits per heavy atom. The largest absolute Gasteiger partial charge is 0.336 e. The first-order chi connectivity index (χ1) is 9.25. The van der Waals surface area contributed by atoms with Crippen LogP contribution in [0.1, 0.15) is 42.7 Å². The van der Waals surface area contributed by atoms with Gasteiger partial charge in [0.15, 0.2) is 0 Å². The lowest BCUT2D eigenvalue weighted by Gasteiger charge is -2.30. The molecule has 6 heteroatoms. The van der Waals surface area contributed by atoms with Gasteiger partial charge in [-0.1, -0.05) is 19.3 Å². The number of fused-ring (bicyclic) bond motifs is 1. The van der Waals surface area contributed by atoms with Crippen LogP contribution in [0.15, 0.2) is 18.5 Å². The predicted octanol–water partition coefficient (Wildman–Crippen LogP) is 1.53. The third-order valence-electron chi connectivity index (χ3n) is 3.75. The van der Waals surface area contributed by atoms with Crippen molar-refractivity contribution >= 4 is 11.7 Å². The van der Waals surface area contributed by atoms with Gasteiger partial charge in [0, 0.05) is 25.5 Å². The maximum absolute atomic E-state index is 12.4. The molecule has 0 N–H and O–H groups in total. The number of nitrogens with zero attached hydrogens (tertiary/aromatic N) is 5. The monoisotopic (exact) mass is 259 g/mol. The van der Waals surface area contributed by atoms with Gasteiger partial charge in [0.25, 0.3) is 11.7 Å². The van der Waals surface area contributed by atoms with Gasteiger partial charge in [-0.2, -0.15) is 4.98 Å². The highest BCUT2D eigenvalue weighted by Crippen LogP contribution is 2.22. The van der Waals surface area contributed by atoms with E-state index in [9.17, 15) is 4.79 Å². The average Bonchev–Trinajstić information content (AvgIpc) is 2.90. The Morgan fingerprint density at radius 3 is 2.89 bits per heavy atom. The quantitative estimate of drug-likeness (QED) is 0.820. The van der Waals surface area contributed by atoms with E-state index in [1.165, 1.54) is 23.8 Å². The van der Waals surface area contributed by atoms with Crippen LogP contribution in [0, 0.1) is 0 Å². The lowest BCUT2D eigenvalue weighted by atomic mass is 9.94. The lowest BCUT2D eigenvalue weighted by Crippen LogP contribution is -2.38. The third-order valence-corrected chi connectivity index (χ3v) is 3.75. The molecule has 0 bridgehead atoms. The van der Waals surface area contributed by atoms with Crippen molar-refractivity contribution in [3.8, 4) is 0 Å². The molecule has 1 amide bonds. The van der Waals surface area contributed by atoms with Crippen molar-refractivity contribution in [1.29, 1.82) is 0 Å². The summed E-state index contributed by atoms with van der Waals surface area (Å²) in [5.41, 5.74) is 0. The van der Waals surface area contributed by atoms with E-state index in [0.717, 1.165) is 12.8 Å². The Balaban J connectivity index is 1.82. The molecule has 0 spiro atoms. The molecule has 0 saturated heterocycles. The van der Waals surface area contributed by atoms with E-state index in [1.54, 1.807) is 23.4 Å². The van der Waals surface area contributed by atoms with Crippen molar-refractivity contribution in [2.75, 3.05) is 7.05 Å². The Hall–Kier alpha value is -1.98. The number of hydrogen-bond donors (Lipinski definition) is 0. The summed E-state index contributed by atoms with van der Waals surface area (Å²) in [4.78, 5) is 22.4. The van der Waals surface area contributed by atoms with Gasteiger partial charge in [0.05, 0.1) is 0 Å². The van der Waals surface area contributed by atoms with E-state index in [1.807, 2.05) is 7.05 Å². The molecule has 1 aliphatic rings. The van der Waals surface area contributed by atoms with E-state index in [4.69, 9.17) is 0 Å². The molecular weight excluding hydrogens is 242 g/mol. The number of rotatable bonds is 2. The zero-order valence-electron chi connectivity index (χ0n) is 11.0. The van der Waals surface area contributed by atoms with Gasteiger partial charge in [0.1, 0.15) is 0 Å². The summed E-state index contributed by atoms with van der Waals surface area (Å²) in [6, 6.07) is 2.08. The number of amides is 1. The first kappa shape index (κ1) is 12.1. The SMILES string of the molecule is CN(C(=O)c1nc2ncccn2n1)C1CCCCC1. The van der Waals surface area contributed by atoms with E-state index >= 15 is 0 Å². The maximum Gasteiger partial charge on any atom is 0.293 e. The molecule has 1 aliphatic carbocycles. The molecule has 2 heterocycles. The Bertz CT molecular complexity index is 554. The van der Waals surface area contributed by atoms with Crippen LogP contribution in [0.3, 0.4) is 0 Å². The van der Waals surface area contributed by atoms with Crippen LogP contribution in [-0.2, 0) is 0 Å². The smallest absolute Gasteiger partial charge is 0.293 e. The summed E-state index contributed by atoms with van der Waals surface area (Å²) in [5, 5.41) is 4.18. The molecule has 0 aromatic carbocycles. The fourth-order valence-electron chi connectivity index (χ4n) is 2.62. The minimum Gasteiger partial charge on any atom is -0.336 e. The van der Waals surface area contributed by atoms with E-state index < -0.39 is 0 Å². The molecular formula is C13H17N5O. The second-order valence-electron chi connectivity index (χ2n) is 5.01. The van der Waals surface area contributed by atoms with Crippen molar-refractivity contribution in [1.82, 2.24) is 24.5 Å². The van der Waals surface area contributed by atoms with Crippen LogP contribution in [0.4, 0.5) is 0 Å². The lowest BCUT2D eigenvalue weighted by molar-refractivity contribution is 0.0684. The van der Waals surface area contributed by atoms with Gasteiger partial charge in [-0.15, -0.1) is 5.10 Å². The second-order valence-corrected chi connectivity index (χ2v) is 5.01. The number of carbonyl (C=O) groups is 1. The number of aromatic nitrogens is 4. The summed E-state index contributed by atoms with van der Waals surface area (Å²) in [6.07, 6.45) is 9.21. The van der Waals surface area contributed by atoms with E-state index in [2.05, 4.69) is 15.1 Å². The summed E-state index contributed by atoms with van der Waals surface area (Å²) >= 11 is 0. The van der Waals surface area contributed by atoms with Crippen molar-refractivity contribution in [2.24, 2.45) is 0 Å². The third kappa shape index (κ3) is 2.30. The highest BCUT2D eigenvalue weighted by molar-refractivity contribution is 5.90. The summed E-state index contributed by atoms with van der Waals surface area (Å²) in [5.74, 6) is 0.576. The summed E-state index contributed by atoms with van der Waals surface area (Å²) in [7, 11) is 1.84. The fourth-order valence-corrected chi connectivity index (χ4v) is 2.62. The zero-order valence-corrected chi connectivity index (χ0v) is 11.0. The minimum atomic E-state index is -0.114. The maximum atomic E-state index is 12.4. The minimum absolute atomic E-state index is 0.114. The summed E-state index contributed by atoms with van der Waals surface area (Å²) in [6.45, 7) is 0. The van der Waals surface area contributed by atoms with Crippen LogP contribution < -0.4 is 0 Å². The van der Waals surface area contributed by atoms with Crippen molar-refractivity contribution in [3.05, 3.63) is 24.3 Å². The molecule has 19 heavy (non-hydrogen) atoms.